The van der Waals surface area contributed by atoms with Crippen LogP contribution < -0.4 is 10.1 Å². The predicted molar refractivity (Wildman–Crippen MR) is 61.0 cm³/mol. The molecule has 4 heteroatoms. The zero-order chi connectivity index (χ0) is 11.5. The highest BCUT2D eigenvalue weighted by molar-refractivity contribution is 5.67. The Labute approximate surface area is 94.2 Å². The molecule has 0 aromatic heterocycles. The molecule has 1 heterocycles. The van der Waals surface area contributed by atoms with Crippen LogP contribution in [0.4, 0.5) is 5.69 Å². The van der Waals surface area contributed by atoms with Crippen molar-refractivity contribution in [2.24, 2.45) is 0 Å². The number of carboxylic acid groups (broad SMARTS) is 1. The van der Waals surface area contributed by atoms with Gasteiger partial charge in [-0.3, -0.25) is 4.79 Å². The number of fused-ring (bicyclic) bond motifs is 1. The summed E-state index contributed by atoms with van der Waals surface area (Å²) in [5.41, 5.74) is 2.07. The number of aliphatic carboxylic acids is 1. The number of anilines is 1. The SMILES string of the molecule is Cc1cccc2c1OC(CCC(=O)O)CN2. The highest BCUT2D eigenvalue weighted by Crippen LogP contribution is 2.32. The van der Waals surface area contributed by atoms with Crippen molar-refractivity contribution in [3.8, 4) is 5.75 Å². The third-order valence-corrected chi connectivity index (χ3v) is 2.70. The van der Waals surface area contributed by atoms with E-state index in [9.17, 15) is 4.79 Å². The van der Waals surface area contributed by atoms with E-state index in [1.165, 1.54) is 0 Å². The van der Waals surface area contributed by atoms with E-state index < -0.39 is 5.97 Å². The Morgan fingerprint density at radius 3 is 3.19 bits per heavy atom. The quantitative estimate of drug-likeness (QED) is 0.820. The molecule has 1 aromatic carbocycles. The van der Waals surface area contributed by atoms with Gasteiger partial charge in [-0.1, -0.05) is 12.1 Å². The molecule has 0 saturated heterocycles. The molecule has 0 radical (unpaired) electrons. The fraction of sp³-hybridized carbons (Fsp3) is 0.417. The molecular formula is C12H15NO3. The maximum atomic E-state index is 10.5. The Balaban J connectivity index is 2.05. The van der Waals surface area contributed by atoms with Gasteiger partial charge in [0.05, 0.1) is 12.2 Å². The van der Waals surface area contributed by atoms with Crippen LogP contribution in [0.2, 0.25) is 0 Å². The summed E-state index contributed by atoms with van der Waals surface area (Å²) in [5, 5.41) is 11.9. The van der Waals surface area contributed by atoms with E-state index in [4.69, 9.17) is 9.84 Å². The monoisotopic (exact) mass is 221 g/mol. The summed E-state index contributed by atoms with van der Waals surface area (Å²) in [4.78, 5) is 10.5. The molecule has 4 nitrogen and oxygen atoms in total. The van der Waals surface area contributed by atoms with Crippen LogP contribution in [0.25, 0.3) is 0 Å². The van der Waals surface area contributed by atoms with Gasteiger partial charge < -0.3 is 15.2 Å². The number of carboxylic acids is 1. The number of hydrogen-bond donors (Lipinski definition) is 2. The van der Waals surface area contributed by atoms with Crippen molar-refractivity contribution in [3.63, 3.8) is 0 Å². The molecular weight excluding hydrogens is 206 g/mol. The molecule has 2 N–H and O–H groups in total. The van der Waals surface area contributed by atoms with E-state index in [0.717, 1.165) is 17.0 Å². The average molecular weight is 221 g/mol. The topological polar surface area (TPSA) is 58.6 Å². The second-order valence-electron chi connectivity index (χ2n) is 4.00. The van der Waals surface area contributed by atoms with Crippen molar-refractivity contribution < 1.29 is 14.6 Å². The fourth-order valence-electron chi connectivity index (χ4n) is 1.83. The molecule has 0 amide bonds. The van der Waals surface area contributed by atoms with Gasteiger partial charge in [0.2, 0.25) is 0 Å². The normalized spacial score (nSPS) is 18.2. The van der Waals surface area contributed by atoms with Crippen LogP contribution in [-0.4, -0.2) is 23.7 Å². The van der Waals surface area contributed by atoms with Gasteiger partial charge in [0.1, 0.15) is 11.9 Å². The minimum absolute atomic E-state index is 0.0512. The lowest BCUT2D eigenvalue weighted by Gasteiger charge is -2.28. The molecule has 0 bridgehead atoms. The number of benzene rings is 1. The summed E-state index contributed by atoms with van der Waals surface area (Å²) in [6, 6.07) is 5.93. The summed E-state index contributed by atoms with van der Waals surface area (Å²) in [5.74, 6) is 0.0725. The summed E-state index contributed by atoms with van der Waals surface area (Å²) in [6.45, 7) is 2.66. The molecule has 1 unspecified atom stereocenters. The first-order valence-electron chi connectivity index (χ1n) is 5.39. The fourth-order valence-corrected chi connectivity index (χ4v) is 1.83. The Kier molecular flexibility index (Phi) is 2.99. The summed E-state index contributed by atoms with van der Waals surface area (Å²) in [6.07, 6.45) is 0.633. The number of ether oxygens (including phenoxy) is 1. The van der Waals surface area contributed by atoms with Gasteiger partial charge in [0.15, 0.2) is 0 Å². The van der Waals surface area contributed by atoms with Gasteiger partial charge in [0.25, 0.3) is 0 Å². The van der Waals surface area contributed by atoms with Gasteiger partial charge in [0, 0.05) is 6.42 Å². The third kappa shape index (κ3) is 2.27. The Morgan fingerprint density at radius 1 is 1.62 bits per heavy atom. The van der Waals surface area contributed by atoms with Gasteiger partial charge in [-0.05, 0) is 25.0 Å². The number of aryl methyl sites for hydroxylation is 1. The largest absolute Gasteiger partial charge is 0.486 e. The van der Waals surface area contributed by atoms with E-state index in [-0.39, 0.29) is 12.5 Å². The predicted octanol–water partition coefficient (Wildman–Crippen LogP) is 2.03. The van der Waals surface area contributed by atoms with Gasteiger partial charge in [-0.25, -0.2) is 0 Å². The Morgan fingerprint density at radius 2 is 2.44 bits per heavy atom. The first-order valence-corrected chi connectivity index (χ1v) is 5.39. The second-order valence-corrected chi connectivity index (χ2v) is 4.00. The molecule has 0 spiro atoms. The van der Waals surface area contributed by atoms with Crippen LogP contribution in [0.1, 0.15) is 18.4 Å². The minimum Gasteiger partial charge on any atom is -0.486 e. The van der Waals surface area contributed by atoms with E-state index in [1.54, 1.807) is 0 Å². The zero-order valence-corrected chi connectivity index (χ0v) is 9.19. The first-order chi connectivity index (χ1) is 7.66. The standard InChI is InChI=1S/C12H15NO3/c1-8-3-2-4-10-12(8)16-9(7-13-10)5-6-11(14)15/h2-4,9,13H,5-7H2,1H3,(H,14,15). The maximum Gasteiger partial charge on any atom is 0.303 e. The van der Waals surface area contributed by atoms with Crippen LogP contribution in [0.15, 0.2) is 18.2 Å². The summed E-state index contributed by atoms with van der Waals surface area (Å²) in [7, 11) is 0. The number of para-hydroxylation sites is 1. The van der Waals surface area contributed by atoms with E-state index in [2.05, 4.69) is 5.32 Å². The molecule has 1 aromatic rings. The van der Waals surface area contributed by atoms with E-state index >= 15 is 0 Å². The third-order valence-electron chi connectivity index (χ3n) is 2.70. The molecule has 86 valence electrons. The molecule has 0 aliphatic carbocycles. The lowest BCUT2D eigenvalue weighted by atomic mass is 10.1. The number of carbonyl (C=O) groups is 1. The number of rotatable bonds is 3. The van der Waals surface area contributed by atoms with Crippen LogP contribution in [0, 0.1) is 6.92 Å². The van der Waals surface area contributed by atoms with Crippen molar-refractivity contribution in [2.75, 3.05) is 11.9 Å². The van der Waals surface area contributed by atoms with Crippen molar-refractivity contribution in [2.45, 2.75) is 25.9 Å². The van der Waals surface area contributed by atoms with Crippen molar-refractivity contribution in [1.29, 1.82) is 0 Å². The van der Waals surface area contributed by atoms with Crippen molar-refractivity contribution in [1.82, 2.24) is 0 Å². The average Bonchev–Trinajstić information content (AvgIpc) is 2.27. The zero-order valence-electron chi connectivity index (χ0n) is 9.19. The van der Waals surface area contributed by atoms with Crippen LogP contribution in [0.3, 0.4) is 0 Å². The smallest absolute Gasteiger partial charge is 0.303 e. The van der Waals surface area contributed by atoms with E-state index in [0.29, 0.717) is 13.0 Å². The molecule has 16 heavy (non-hydrogen) atoms. The molecule has 1 aliphatic rings. The van der Waals surface area contributed by atoms with Crippen LogP contribution >= 0.6 is 0 Å². The lowest BCUT2D eigenvalue weighted by Crippen LogP contribution is -2.31. The van der Waals surface area contributed by atoms with Crippen LogP contribution in [0.5, 0.6) is 5.75 Å². The minimum atomic E-state index is -0.779. The van der Waals surface area contributed by atoms with Gasteiger partial charge in [-0.2, -0.15) is 0 Å². The van der Waals surface area contributed by atoms with Gasteiger partial charge in [-0.15, -0.1) is 0 Å². The molecule has 1 atom stereocenters. The lowest BCUT2D eigenvalue weighted by molar-refractivity contribution is -0.137. The Hall–Kier alpha value is -1.71. The highest BCUT2D eigenvalue weighted by Gasteiger charge is 2.20. The van der Waals surface area contributed by atoms with E-state index in [1.807, 2.05) is 25.1 Å². The summed E-state index contributed by atoms with van der Waals surface area (Å²) < 4.78 is 5.79. The molecule has 0 fully saturated rings. The van der Waals surface area contributed by atoms with Crippen LogP contribution in [-0.2, 0) is 4.79 Å². The van der Waals surface area contributed by atoms with Gasteiger partial charge >= 0.3 is 5.97 Å². The highest BCUT2D eigenvalue weighted by atomic mass is 16.5. The molecule has 0 saturated carbocycles. The number of hydrogen-bond acceptors (Lipinski definition) is 3. The van der Waals surface area contributed by atoms with Crippen molar-refractivity contribution in [3.05, 3.63) is 23.8 Å². The Bertz CT molecular complexity index is 403. The second kappa shape index (κ2) is 4.43. The number of nitrogens with one attached hydrogen (secondary N) is 1. The molecule has 2 rings (SSSR count). The van der Waals surface area contributed by atoms with Crippen molar-refractivity contribution >= 4 is 11.7 Å². The first kappa shape index (κ1) is 10.8. The summed E-state index contributed by atoms with van der Waals surface area (Å²) >= 11 is 0. The maximum absolute atomic E-state index is 10.5. The molecule has 1 aliphatic heterocycles.